The summed E-state index contributed by atoms with van der Waals surface area (Å²) in [6.07, 6.45) is 1.48. The molecule has 0 aromatic rings. The van der Waals surface area contributed by atoms with Crippen LogP contribution in [0.15, 0.2) is 0 Å². The van der Waals surface area contributed by atoms with Crippen LogP contribution in [0.2, 0.25) is 0 Å². The first-order valence-corrected chi connectivity index (χ1v) is 8.38. The van der Waals surface area contributed by atoms with E-state index in [9.17, 15) is 4.79 Å². The van der Waals surface area contributed by atoms with Crippen molar-refractivity contribution >= 4 is 5.91 Å². The number of carbonyl (C=O) groups excluding carboxylic acids is 1. The Labute approximate surface area is 129 Å². The average molecular weight is 299 g/mol. The van der Waals surface area contributed by atoms with E-state index in [1.54, 1.807) is 0 Å². The standard InChI is InChI=1S/C16H33N3O2/c1-5-18(6-2)9-10-19(12-13(3)4)16(20)15-8-7-14(11-17)21-15/h13-15H,5-12,17H2,1-4H3/t14-,15+/m1/s1. The number of nitrogens with two attached hydrogens (primary N) is 1. The minimum atomic E-state index is -0.283. The van der Waals surface area contributed by atoms with Crippen LogP contribution in [0.1, 0.15) is 40.5 Å². The number of rotatable bonds is 9. The van der Waals surface area contributed by atoms with E-state index in [2.05, 4.69) is 32.6 Å². The Morgan fingerprint density at radius 2 is 1.90 bits per heavy atom. The average Bonchev–Trinajstić information content (AvgIpc) is 2.94. The largest absolute Gasteiger partial charge is 0.364 e. The van der Waals surface area contributed by atoms with Crippen LogP contribution in [0.25, 0.3) is 0 Å². The Kier molecular flexibility index (Phi) is 8.22. The fraction of sp³-hybridized carbons (Fsp3) is 0.938. The van der Waals surface area contributed by atoms with Gasteiger partial charge in [-0.25, -0.2) is 0 Å². The van der Waals surface area contributed by atoms with Crippen LogP contribution in [-0.2, 0) is 9.53 Å². The van der Waals surface area contributed by atoms with Crippen LogP contribution in [-0.4, -0.2) is 67.2 Å². The van der Waals surface area contributed by atoms with Crippen molar-refractivity contribution in [1.29, 1.82) is 0 Å². The van der Waals surface area contributed by atoms with Gasteiger partial charge in [-0.05, 0) is 31.8 Å². The highest BCUT2D eigenvalue weighted by atomic mass is 16.5. The molecule has 0 bridgehead atoms. The summed E-state index contributed by atoms with van der Waals surface area (Å²) in [7, 11) is 0. The van der Waals surface area contributed by atoms with Gasteiger partial charge in [-0.3, -0.25) is 4.79 Å². The molecule has 2 atom stereocenters. The number of ether oxygens (including phenoxy) is 1. The van der Waals surface area contributed by atoms with Crippen molar-refractivity contribution in [3.8, 4) is 0 Å². The molecule has 0 saturated carbocycles. The fourth-order valence-corrected chi connectivity index (χ4v) is 2.80. The summed E-state index contributed by atoms with van der Waals surface area (Å²) in [5.41, 5.74) is 5.63. The molecule has 0 aromatic carbocycles. The van der Waals surface area contributed by atoms with Gasteiger partial charge >= 0.3 is 0 Å². The summed E-state index contributed by atoms with van der Waals surface area (Å²) < 4.78 is 5.76. The van der Waals surface area contributed by atoms with E-state index >= 15 is 0 Å². The van der Waals surface area contributed by atoms with E-state index in [1.807, 2.05) is 4.90 Å². The number of amides is 1. The molecule has 5 nitrogen and oxygen atoms in total. The molecule has 0 unspecified atom stereocenters. The van der Waals surface area contributed by atoms with Gasteiger partial charge in [0, 0.05) is 26.2 Å². The molecule has 0 radical (unpaired) electrons. The first-order valence-electron chi connectivity index (χ1n) is 8.38. The number of hydrogen-bond donors (Lipinski definition) is 1. The molecule has 1 heterocycles. The van der Waals surface area contributed by atoms with Gasteiger partial charge in [-0.2, -0.15) is 0 Å². The van der Waals surface area contributed by atoms with Crippen molar-refractivity contribution in [1.82, 2.24) is 9.80 Å². The van der Waals surface area contributed by atoms with Gasteiger partial charge in [-0.15, -0.1) is 0 Å². The van der Waals surface area contributed by atoms with E-state index in [0.29, 0.717) is 12.5 Å². The summed E-state index contributed by atoms with van der Waals surface area (Å²) in [5, 5.41) is 0. The van der Waals surface area contributed by atoms with Crippen molar-refractivity contribution in [3.05, 3.63) is 0 Å². The van der Waals surface area contributed by atoms with Crippen LogP contribution in [0.3, 0.4) is 0 Å². The highest BCUT2D eigenvalue weighted by Gasteiger charge is 2.33. The summed E-state index contributed by atoms with van der Waals surface area (Å²) >= 11 is 0. The van der Waals surface area contributed by atoms with Crippen molar-refractivity contribution in [3.63, 3.8) is 0 Å². The summed E-state index contributed by atoms with van der Waals surface area (Å²) in [6.45, 7) is 13.7. The summed E-state index contributed by atoms with van der Waals surface area (Å²) in [4.78, 5) is 17.0. The highest BCUT2D eigenvalue weighted by Crippen LogP contribution is 2.21. The molecule has 2 N–H and O–H groups in total. The quantitative estimate of drug-likeness (QED) is 0.697. The summed E-state index contributed by atoms with van der Waals surface area (Å²) in [6, 6.07) is 0. The molecule has 1 aliphatic rings. The van der Waals surface area contributed by atoms with Gasteiger partial charge < -0.3 is 20.3 Å². The molecule has 1 saturated heterocycles. The monoisotopic (exact) mass is 299 g/mol. The van der Waals surface area contributed by atoms with E-state index in [1.165, 1.54) is 0 Å². The van der Waals surface area contributed by atoms with Gasteiger partial charge in [0.1, 0.15) is 6.10 Å². The van der Waals surface area contributed by atoms with E-state index < -0.39 is 0 Å². The first kappa shape index (κ1) is 18.4. The normalized spacial score (nSPS) is 22.2. The Balaban J connectivity index is 2.57. The zero-order chi connectivity index (χ0) is 15.8. The Hall–Kier alpha value is -0.650. The van der Waals surface area contributed by atoms with Crippen molar-refractivity contribution in [2.45, 2.75) is 52.7 Å². The van der Waals surface area contributed by atoms with Crippen LogP contribution < -0.4 is 5.73 Å². The SMILES string of the molecule is CCN(CC)CCN(CC(C)C)C(=O)[C@@H]1CC[C@H](CN)O1. The molecular weight excluding hydrogens is 266 g/mol. The van der Waals surface area contributed by atoms with Crippen molar-refractivity contribution in [2.75, 3.05) is 39.3 Å². The fourth-order valence-electron chi connectivity index (χ4n) is 2.80. The van der Waals surface area contributed by atoms with Crippen molar-refractivity contribution in [2.24, 2.45) is 11.7 Å². The Morgan fingerprint density at radius 1 is 1.24 bits per heavy atom. The second-order valence-electron chi connectivity index (χ2n) is 6.26. The van der Waals surface area contributed by atoms with Gasteiger partial charge in [0.05, 0.1) is 6.10 Å². The van der Waals surface area contributed by atoms with Gasteiger partial charge in [0.2, 0.25) is 0 Å². The van der Waals surface area contributed by atoms with E-state index in [-0.39, 0.29) is 18.1 Å². The second-order valence-corrected chi connectivity index (χ2v) is 6.26. The number of carbonyl (C=O) groups is 1. The maximum absolute atomic E-state index is 12.7. The number of hydrogen-bond acceptors (Lipinski definition) is 4. The van der Waals surface area contributed by atoms with Gasteiger partial charge in [-0.1, -0.05) is 27.7 Å². The van der Waals surface area contributed by atoms with Crippen molar-refractivity contribution < 1.29 is 9.53 Å². The summed E-state index contributed by atoms with van der Waals surface area (Å²) in [5.74, 6) is 0.615. The lowest BCUT2D eigenvalue weighted by molar-refractivity contribution is -0.143. The topological polar surface area (TPSA) is 58.8 Å². The molecule has 1 aliphatic heterocycles. The third-order valence-electron chi connectivity index (χ3n) is 4.12. The number of likely N-dealkylation sites (N-methyl/N-ethyl adjacent to an activating group) is 1. The lowest BCUT2D eigenvalue weighted by atomic mass is 10.1. The Bertz CT molecular complexity index is 306. The zero-order valence-corrected chi connectivity index (χ0v) is 14.2. The minimum absolute atomic E-state index is 0.0580. The Morgan fingerprint density at radius 3 is 2.38 bits per heavy atom. The molecule has 5 heteroatoms. The minimum Gasteiger partial charge on any atom is -0.364 e. The van der Waals surface area contributed by atoms with Crippen LogP contribution in [0, 0.1) is 5.92 Å². The van der Waals surface area contributed by atoms with E-state index in [0.717, 1.165) is 45.6 Å². The highest BCUT2D eigenvalue weighted by molar-refractivity contribution is 5.81. The lowest BCUT2D eigenvalue weighted by Gasteiger charge is -2.29. The molecule has 1 rings (SSSR count). The molecule has 0 aliphatic carbocycles. The van der Waals surface area contributed by atoms with Gasteiger partial charge in [0.25, 0.3) is 5.91 Å². The van der Waals surface area contributed by atoms with Crippen LogP contribution in [0.4, 0.5) is 0 Å². The lowest BCUT2D eigenvalue weighted by Crippen LogP contribution is -2.45. The van der Waals surface area contributed by atoms with Gasteiger partial charge in [0.15, 0.2) is 0 Å². The second kappa shape index (κ2) is 9.38. The zero-order valence-electron chi connectivity index (χ0n) is 14.2. The number of nitrogens with zero attached hydrogens (tertiary/aromatic N) is 2. The predicted octanol–water partition coefficient (Wildman–Crippen LogP) is 1.32. The maximum atomic E-state index is 12.7. The predicted molar refractivity (Wildman–Crippen MR) is 86.2 cm³/mol. The van der Waals surface area contributed by atoms with Crippen LogP contribution >= 0.6 is 0 Å². The van der Waals surface area contributed by atoms with Crippen LogP contribution in [0.5, 0.6) is 0 Å². The molecule has 1 fully saturated rings. The molecule has 0 spiro atoms. The maximum Gasteiger partial charge on any atom is 0.251 e. The molecule has 0 aromatic heterocycles. The molecule has 124 valence electrons. The third-order valence-corrected chi connectivity index (χ3v) is 4.12. The molecular formula is C16H33N3O2. The first-order chi connectivity index (χ1) is 10.0. The third kappa shape index (κ3) is 5.93. The smallest absolute Gasteiger partial charge is 0.251 e. The molecule has 1 amide bonds. The molecule has 21 heavy (non-hydrogen) atoms. The van der Waals surface area contributed by atoms with E-state index in [4.69, 9.17) is 10.5 Å².